The quantitative estimate of drug-likeness (QED) is 0.220. The number of hydrogen-bond donors (Lipinski definition) is 0. The normalized spacial score (nSPS) is 11.8. The zero-order valence-corrected chi connectivity index (χ0v) is 17.1. The van der Waals surface area contributed by atoms with Gasteiger partial charge in [-0.3, -0.25) is 0 Å². The molecule has 0 fully saturated rings. The molecule has 27 heavy (non-hydrogen) atoms. The van der Waals surface area contributed by atoms with Crippen LogP contribution in [0.15, 0.2) is 24.5 Å². The van der Waals surface area contributed by atoms with Gasteiger partial charge in [0.25, 0.3) is 0 Å². The summed E-state index contributed by atoms with van der Waals surface area (Å²) in [7, 11) is -6.09. The Hall–Kier alpha value is -1.15. The maximum Gasteiger partial charge on any atom is 0.485 e. The van der Waals surface area contributed by atoms with Crippen molar-refractivity contribution in [3.05, 3.63) is 30.1 Å². The smallest absolute Gasteiger partial charge is 0.485 e. The minimum atomic E-state index is -6.09. The van der Waals surface area contributed by atoms with Crippen LogP contribution in [-0.2, 0) is 23.1 Å². The summed E-state index contributed by atoms with van der Waals surface area (Å²) in [5.74, 6) is 0. The Bertz CT molecular complexity index is 587. The van der Waals surface area contributed by atoms with Crippen molar-refractivity contribution in [1.29, 1.82) is 0 Å². The van der Waals surface area contributed by atoms with Gasteiger partial charge in [-0.05, 0) is 24.8 Å². The molecule has 1 rings (SSSR count). The summed E-state index contributed by atoms with van der Waals surface area (Å²) in [6.45, 7) is 5.71. The molecule has 8 heteroatoms. The fourth-order valence-corrected chi connectivity index (χ4v) is 2.44. The highest BCUT2D eigenvalue weighted by Crippen LogP contribution is 2.20. The molecule has 4 nitrogen and oxygen atoms in total. The second kappa shape index (κ2) is 13.9. The largest absolute Gasteiger partial charge is 0.741 e. The molecule has 0 aliphatic carbocycles. The predicted octanol–water partition coefficient (Wildman–Crippen LogP) is 5.12. The molecule has 0 amide bonds. The summed E-state index contributed by atoms with van der Waals surface area (Å²) >= 11 is 0. The van der Waals surface area contributed by atoms with Crippen LogP contribution in [-0.4, -0.2) is 18.5 Å². The predicted molar refractivity (Wildman–Crippen MR) is 99.0 cm³/mol. The molecule has 1 aromatic rings. The van der Waals surface area contributed by atoms with Crippen molar-refractivity contribution in [2.45, 2.75) is 90.1 Å². The van der Waals surface area contributed by atoms with Crippen LogP contribution in [0.2, 0.25) is 0 Å². The number of nitrogens with zero attached hydrogens (tertiary/aromatic N) is 1. The highest BCUT2D eigenvalue weighted by atomic mass is 32.2. The zero-order valence-electron chi connectivity index (χ0n) is 16.3. The third-order valence-corrected chi connectivity index (χ3v) is 4.65. The van der Waals surface area contributed by atoms with Crippen molar-refractivity contribution in [2.75, 3.05) is 0 Å². The first-order valence-corrected chi connectivity index (χ1v) is 11.0. The maximum absolute atomic E-state index is 10.7. The molecule has 0 atom stereocenters. The second-order valence-electron chi connectivity index (χ2n) is 6.57. The van der Waals surface area contributed by atoms with Gasteiger partial charge in [0.05, 0.1) is 0 Å². The number of halogens is 3. The van der Waals surface area contributed by atoms with E-state index in [1.54, 1.807) is 0 Å². The Morgan fingerprint density at radius 3 is 1.78 bits per heavy atom. The molecular weight excluding hydrogens is 379 g/mol. The van der Waals surface area contributed by atoms with E-state index in [0.29, 0.717) is 0 Å². The van der Waals surface area contributed by atoms with Crippen LogP contribution in [0.4, 0.5) is 13.2 Å². The van der Waals surface area contributed by atoms with E-state index in [1.165, 1.54) is 76.3 Å². The molecule has 158 valence electrons. The van der Waals surface area contributed by atoms with Gasteiger partial charge in [-0.1, -0.05) is 52.4 Å². The standard InChI is InChI=1S/C18H32N.CHF3O3S/c1-3-5-7-8-9-10-11-15-19-16-13-18(14-17-19)12-6-4-2;2-1(3,4)8(5,6)7/h13-14,16-17H,3-12,15H2,1-2H3;(H,5,6,7)/q+1;/p-1. The van der Waals surface area contributed by atoms with Crippen molar-refractivity contribution in [3.63, 3.8) is 0 Å². The van der Waals surface area contributed by atoms with Crippen molar-refractivity contribution in [3.8, 4) is 0 Å². The van der Waals surface area contributed by atoms with Gasteiger partial charge in [-0.2, -0.15) is 13.2 Å². The summed E-state index contributed by atoms with van der Waals surface area (Å²) in [4.78, 5) is 0. The van der Waals surface area contributed by atoms with Crippen LogP contribution < -0.4 is 4.57 Å². The van der Waals surface area contributed by atoms with Gasteiger partial charge in [-0.25, -0.2) is 13.0 Å². The highest BCUT2D eigenvalue weighted by molar-refractivity contribution is 7.86. The van der Waals surface area contributed by atoms with Crippen LogP contribution in [0.1, 0.15) is 77.2 Å². The Morgan fingerprint density at radius 2 is 1.33 bits per heavy atom. The molecule has 0 spiro atoms. The van der Waals surface area contributed by atoms with E-state index < -0.39 is 15.6 Å². The Morgan fingerprint density at radius 1 is 0.889 bits per heavy atom. The van der Waals surface area contributed by atoms with Gasteiger partial charge in [0.2, 0.25) is 0 Å². The lowest BCUT2D eigenvalue weighted by molar-refractivity contribution is -0.697. The molecule has 1 aromatic heterocycles. The van der Waals surface area contributed by atoms with E-state index in [2.05, 4.69) is 42.9 Å². The third kappa shape index (κ3) is 13.6. The van der Waals surface area contributed by atoms with Crippen molar-refractivity contribution >= 4 is 10.1 Å². The molecular formula is C19H32F3NO3S. The molecule has 0 N–H and O–H groups in total. The van der Waals surface area contributed by atoms with Crippen molar-refractivity contribution in [2.24, 2.45) is 0 Å². The molecule has 0 saturated carbocycles. The fourth-order valence-electron chi connectivity index (χ4n) is 2.44. The zero-order chi connectivity index (χ0) is 20.8. The number of aromatic nitrogens is 1. The van der Waals surface area contributed by atoms with Crippen LogP contribution in [0.3, 0.4) is 0 Å². The van der Waals surface area contributed by atoms with Crippen LogP contribution >= 0.6 is 0 Å². The van der Waals surface area contributed by atoms with Crippen LogP contribution in [0.25, 0.3) is 0 Å². The molecule has 0 unspecified atom stereocenters. The van der Waals surface area contributed by atoms with E-state index in [4.69, 9.17) is 13.0 Å². The molecule has 0 bridgehead atoms. The first-order chi connectivity index (χ1) is 12.6. The fraction of sp³-hybridized carbons (Fsp3) is 0.737. The van der Waals surface area contributed by atoms with Crippen molar-refractivity contribution in [1.82, 2.24) is 0 Å². The van der Waals surface area contributed by atoms with E-state index in [-0.39, 0.29) is 0 Å². The second-order valence-corrected chi connectivity index (χ2v) is 7.94. The molecule has 0 aliphatic rings. The average molecular weight is 412 g/mol. The number of alkyl halides is 3. The van der Waals surface area contributed by atoms with Gasteiger partial charge in [0, 0.05) is 18.6 Å². The van der Waals surface area contributed by atoms with E-state index in [1.807, 2.05) is 0 Å². The number of aryl methyl sites for hydroxylation is 2. The number of rotatable bonds is 11. The Kier molecular flexibility index (Phi) is 13.3. The minimum absolute atomic E-state index is 1.18. The minimum Gasteiger partial charge on any atom is -0.741 e. The van der Waals surface area contributed by atoms with E-state index in [9.17, 15) is 13.2 Å². The number of hydrogen-bond acceptors (Lipinski definition) is 3. The van der Waals surface area contributed by atoms with Crippen molar-refractivity contribution < 1.29 is 30.7 Å². The number of unbranched alkanes of at least 4 members (excludes halogenated alkanes) is 7. The third-order valence-electron chi connectivity index (χ3n) is 4.08. The number of pyridine rings is 1. The summed E-state index contributed by atoms with van der Waals surface area (Å²) in [6.07, 6.45) is 18.1. The maximum atomic E-state index is 10.7. The van der Waals surface area contributed by atoms with Gasteiger partial charge < -0.3 is 4.55 Å². The lowest BCUT2D eigenvalue weighted by Crippen LogP contribution is -2.32. The average Bonchev–Trinajstić information content (AvgIpc) is 2.59. The Labute approximate surface area is 161 Å². The van der Waals surface area contributed by atoms with Gasteiger partial charge in [-0.15, -0.1) is 0 Å². The van der Waals surface area contributed by atoms with Gasteiger partial charge in [0.15, 0.2) is 22.5 Å². The molecule has 0 radical (unpaired) electrons. The summed E-state index contributed by atoms with van der Waals surface area (Å²) in [6, 6.07) is 4.58. The molecule has 1 heterocycles. The lowest BCUT2D eigenvalue weighted by Gasteiger charge is -2.08. The summed E-state index contributed by atoms with van der Waals surface area (Å²) in [5.41, 5.74) is -4.16. The summed E-state index contributed by atoms with van der Waals surface area (Å²) < 4.78 is 61.2. The van der Waals surface area contributed by atoms with Crippen LogP contribution in [0, 0.1) is 0 Å². The van der Waals surface area contributed by atoms with E-state index in [0.717, 1.165) is 0 Å². The topological polar surface area (TPSA) is 61.1 Å². The molecule has 0 aromatic carbocycles. The highest BCUT2D eigenvalue weighted by Gasteiger charge is 2.36. The summed E-state index contributed by atoms with van der Waals surface area (Å²) in [5, 5.41) is 0. The van der Waals surface area contributed by atoms with Gasteiger partial charge >= 0.3 is 5.51 Å². The SMILES string of the molecule is CCCCCCCCC[n+]1ccc(CCCC)cc1.O=S(=O)([O-])C(F)(F)F. The lowest BCUT2D eigenvalue weighted by atomic mass is 10.1. The molecule has 0 saturated heterocycles. The Balaban J connectivity index is 0.000000713. The molecule has 0 aliphatic heterocycles. The first-order valence-electron chi connectivity index (χ1n) is 9.62. The monoisotopic (exact) mass is 411 g/mol. The van der Waals surface area contributed by atoms with Gasteiger partial charge in [0.1, 0.15) is 6.54 Å². The van der Waals surface area contributed by atoms with Crippen LogP contribution in [0.5, 0.6) is 0 Å². The van der Waals surface area contributed by atoms with E-state index >= 15 is 0 Å². The first kappa shape index (κ1) is 25.9.